The molecular formula is C9H19N3O. The van der Waals surface area contributed by atoms with Crippen molar-refractivity contribution in [1.29, 1.82) is 0 Å². The molecule has 2 unspecified atom stereocenters. The van der Waals surface area contributed by atoms with E-state index < -0.39 is 0 Å². The second kappa shape index (κ2) is 4.07. The van der Waals surface area contributed by atoms with Gasteiger partial charge in [0.25, 0.3) is 0 Å². The van der Waals surface area contributed by atoms with Crippen LogP contribution in [0.5, 0.6) is 0 Å². The third-order valence-corrected chi connectivity index (χ3v) is 2.73. The largest absolute Gasteiger partial charge is 0.369 e. The van der Waals surface area contributed by atoms with Crippen molar-refractivity contribution in [2.24, 2.45) is 11.7 Å². The molecule has 1 heterocycles. The van der Waals surface area contributed by atoms with E-state index in [-0.39, 0.29) is 5.91 Å². The first-order valence-electron chi connectivity index (χ1n) is 4.67. The second-order valence-electron chi connectivity index (χ2n) is 4.15. The number of hydrogen-bond acceptors (Lipinski definition) is 3. The fourth-order valence-electron chi connectivity index (χ4n) is 2.12. The zero-order chi connectivity index (χ0) is 10.0. The molecule has 2 N–H and O–H groups in total. The van der Waals surface area contributed by atoms with Crippen molar-refractivity contribution in [2.75, 3.05) is 33.7 Å². The van der Waals surface area contributed by atoms with Crippen LogP contribution in [0.1, 0.15) is 6.92 Å². The average molecular weight is 185 g/mol. The fraction of sp³-hybridized carbons (Fsp3) is 0.889. The van der Waals surface area contributed by atoms with Crippen molar-refractivity contribution >= 4 is 5.91 Å². The van der Waals surface area contributed by atoms with E-state index in [4.69, 9.17) is 5.73 Å². The van der Waals surface area contributed by atoms with E-state index in [1.54, 1.807) is 0 Å². The number of nitrogens with two attached hydrogens (primary N) is 1. The Balaban J connectivity index is 2.46. The summed E-state index contributed by atoms with van der Waals surface area (Å²) in [4.78, 5) is 15.1. The minimum Gasteiger partial charge on any atom is -0.369 e. The molecule has 1 fully saturated rings. The minimum atomic E-state index is -0.246. The summed E-state index contributed by atoms with van der Waals surface area (Å²) in [5.41, 5.74) is 5.15. The molecule has 0 aromatic heterocycles. The first-order valence-corrected chi connectivity index (χ1v) is 4.67. The van der Waals surface area contributed by atoms with E-state index in [1.807, 2.05) is 7.05 Å². The molecule has 0 radical (unpaired) electrons. The summed E-state index contributed by atoms with van der Waals surface area (Å²) in [6.07, 6.45) is 0. The molecule has 0 aliphatic carbocycles. The van der Waals surface area contributed by atoms with Gasteiger partial charge in [0.15, 0.2) is 0 Å². The zero-order valence-electron chi connectivity index (χ0n) is 8.66. The van der Waals surface area contributed by atoms with Crippen molar-refractivity contribution in [1.82, 2.24) is 9.80 Å². The fourth-order valence-corrected chi connectivity index (χ4v) is 2.12. The molecule has 4 nitrogen and oxygen atoms in total. The van der Waals surface area contributed by atoms with Gasteiger partial charge in [0.05, 0.1) is 6.54 Å². The van der Waals surface area contributed by atoms with Crippen LogP contribution in [-0.4, -0.2) is 55.5 Å². The van der Waals surface area contributed by atoms with Crippen LogP contribution in [0.25, 0.3) is 0 Å². The SMILES string of the molecule is CC1CN(C)CC1N(C)CC(N)=O. The van der Waals surface area contributed by atoms with Gasteiger partial charge in [-0.1, -0.05) is 6.92 Å². The highest BCUT2D eigenvalue weighted by Crippen LogP contribution is 2.18. The van der Waals surface area contributed by atoms with Gasteiger partial charge in [-0.05, 0) is 20.0 Å². The maximum atomic E-state index is 10.7. The van der Waals surface area contributed by atoms with E-state index >= 15 is 0 Å². The molecule has 2 atom stereocenters. The summed E-state index contributed by atoms with van der Waals surface area (Å²) in [7, 11) is 4.07. The van der Waals surface area contributed by atoms with Crippen LogP contribution in [0, 0.1) is 5.92 Å². The highest BCUT2D eigenvalue weighted by molar-refractivity contribution is 5.75. The summed E-state index contributed by atoms with van der Waals surface area (Å²) in [6.45, 7) is 4.72. The Morgan fingerprint density at radius 2 is 2.23 bits per heavy atom. The molecule has 0 spiro atoms. The van der Waals surface area contributed by atoms with Gasteiger partial charge in [-0.3, -0.25) is 9.69 Å². The molecule has 1 amide bonds. The Morgan fingerprint density at radius 3 is 2.62 bits per heavy atom. The Morgan fingerprint density at radius 1 is 1.62 bits per heavy atom. The summed E-state index contributed by atoms with van der Waals surface area (Å²) >= 11 is 0. The molecule has 1 rings (SSSR count). The second-order valence-corrected chi connectivity index (χ2v) is 4.15. The quantitative estimate of drug-likeness (QED) is 0.636. The molecule has 0 saturated carbocycles. The smallest absolute Gasteiger partial charge is 0.231 e. The number of nitrogens with zero attached hydrogens (tertiary/aromatic N) is 2. The van der Waals surface area contributed by atoms with Crippen LogP contribution in [-0.2, 0) is 4.79 Å². The highest BCUT2D eigenvalue weighted by atomic mass is 16.1. The topological polar surface area (TPSA) is 49.6 Å². The minimum absolute atomic E-state index is 0.246. The third-order valence-electron chi connectivity index (χ3n) is 2.73. The Bertz CT molecular complexity index is 195. The molecule has 1 saturated heterocycles. The molecule has 1 aliphatic heterocycles. The number of likely N-dealkylation sites (tertiary alicyclic amines) is 1. The van der Waals surface area contributed by atoms with Crippen molar-refractivity contribution in [3.05, 3.63) is 0 Å². The van der Waals surface area contributed by atoms with Crippen LogP contribution >= 0.6 is 0 Å². The molecule has 76 valence electrons. The van der Waals surface area contributed by atoms with Gasteiger partial charge >= 0.3 is 0 Å². The highest BCUT2D eigenvalue weighted by Gasteiger charge is 2.30. The van der Waals surface area contributed by atoms with Gasteiger partial charge in [0.2, 0.25) is 5.91 Å². The maximum Gasteiger partial charge on any atom is 0.231 e. The summed E-state index contributed by atoms with van der Waals surface area (Å²) in [6, 6.07) is 0.470. The molecule has 0 aromatic carbocycles. The van der Waals surface area contributed by atoms with Gasteiger partial charge in [0.1, 0.15) is 0 Å². The van der Waals surface area contributed by atoms with Crippen molar-refractivity contribution < 1.29 is 4.79 Å². The van der Waals surface area contributed by atoms with Gasteiger partial charge < -0.3 is 10.6 Å². The van der Waals surface area contributed by atoms with E-state index in [2.05, 4.69) is 23.8 Å². The van der Waals surface area contributed by atoms with Crippen LogP contribution in [0.15, 0.2) is 0 Å². The summed E-state index contributed by atoms with van der Waals surface area (Å²) < 4.78 is 0. The summed E-state index contributed by atoms with van der Waals surface area (Å²) in [5, 5.41) is 0. The number of amides is 1. The standard InChI is InChI=1S/C9H19N3O/c1-7-4-11(2)5-8(7)12(3)6-9(10)13/h7-8H,4-6H2,1-3H3,(H2,10,13). The number of likely N-dealkylation sites (N-methyl/N-ethyl adjacent to an activating group) is 2. The lowest BCUT2D eigenvalue weighted by Crippen LogP contribution is -2.42. The van der Waals surface area contributed by atoms with Crippen LogP contribution in [0.3, 0.4) is 0 Å². The lowest BCUT2D eigenvalue weighted by atomic mass is 10.1. The molecule has 1 aliphatic rings. The van der Waals surface area contributed by atoms with E-state index in [0.29, 0.717) is 18.5 Å². The van der Waals surface area contributed by atoms with Gasteiger partial charge in [-0.25, -0.2) is 0 Å². The van der Waals surface area contributed by atoms with Crippen LogP contribution < -0.4 is 5.73 Å². The van der Waals surface area contributed by atoms with Crippen molar-refractivity contribution in [3.63, 3.8) is 0 Å². The normalized spacial score (nSPS) is 29.8. The van der Waals surface area contributed by atoms with E-state index in [1.165, 1.54) is 0 Å². The predicted molar refractivity (Wildman–Crippen MR) is 52.3 cm³/mol. The van der Waals surface area contributed by atoms with Gasteiger partial charge in [0, 0.05) is 19.1 Å². The summed E-state index contributed by atoms with van der Waals surface area (Å²) in [5.74, 6) is 0.374. The van der Waals surface area contributed by atoms with Crippen LogP contribution in [0.4, 0.5) is 0 Å². The zero-order valence-corrected chi connectivity index (χ0v) is 8.66. The van der Waals surface area contributed by atoms with E-state index in [0.717, 1.165) is 13.1 Å². The van der Waals surface area contributed by atoms with Crippen LogP contribution in [0.2, 0.25) is 0 Å². The molecular weight excluding hydrogens is 166 g/mol. The number of carbonyl (C=O) groups excluding carboxylic acids is 1. The number of hydrogen-bond donors (Lipinski definition) is 1. The first kappa shape index (κ1) is 10.5. The Hall–Kier alpha value is -0.610. The van der Waals surface area contributed by atoms with E-state index in [9.17, 15) is 4.79 Å². The Kier molecular flexibility index (Phi) is 3.27. The average Bonchev–Trinajstić information content (AvgIpc) is 2.28. The molecule has 4 heteroatoms. The lowest BCUT2D eigenvalue weighted by molar-refractivity contribution is -0.119. The number of carbonyl (C=O) groups is 1. The lowest BCUT2D eigenvalue weighted by Gasteiger charge is -2.25. The monoisotopic (exact) mass is 185 g/mol. The number of rotatable bonds is 3. The molecule has 0 aromatic rings. The maximum absolute atomic E-state index is 10.7. The van der Waals surface area contributed by atoms with Gasteiger partial charge in [-0.15, -0.1) is 0 Å². The molecule has 0 bridgehead atoms. The van der Waals surface area contributed by atoms with Gasteiger partial charge in [-0.2, -0.15) is 0 Å². The van der Waals surface area contributed by atoms with Crippen molar-refractivity contribution in [2.45, 2.75) is 13.0 Å². The predicted octanol–water partition coefficient (Wildman–Crippen LogP) is -0.646. The van der Waals surface area contributed by atoms with Crippen molar-refractivity contribution in [3.8, 4) is 0 Å². The number of primary amides is 1. The third kappa shape index (κ3) is 2.67. The molecule has 13 heavy (non-hydrogen) atoms. The first-order chi connectivity index (χ1) is 6.00. The Labute approximate surface area is 79.7 Å².